The SMILES string of the molecule is CC(=O)CCCO[C@@H]1OC(CO[C@H]2OC(CO[C@H]3OC(CO)[C@@H](O)[C@H](O)C3O[C@H]3OC(CO[O-])[C@@H](O)[C@H](O)C3O)[C@@H](O)[C@H](O)C2O)[C@@H](O)[C@H](O[C@H]2OC(CO)[C@@H](O)[C@H](O)C2O[C@H]2OC(COP(=O)([O-])[O-])[C@@H](O)[C@H](O)C2O)C1O.O=P[O-]. The Bertz CT molecular complexity index is 1930. The van der Waals surface area contributed by atoms with Crippen LogP contribution >= 0.6 is 16.5 Å². The highest BCUT2D eigenvalue weighted by molar-refractivity contribution is 7.43. The van der Waals surface area contributed by atoms with Crippen molar-refractivity contribution in [3.63, 3.8) is 0 Å². The Labute approximate surface area is 458 Å². The van der Waals surface area contributed by atoms with Gasteiger partial charge in [-0.25, -0.2) is 0 Å². The Morgan fingerprint density at radius 1 is 0.457 bits per heavy atom. The molecule has 81 heavy (non-hydrogen) atoms. The van der Waals surface area contributed by atoms with E-state index >= 15 is 0 Å². The zero-order valence-electron chi connectivity index (χ0n) is 42.3. The molecule has 12 unspecified atom stereocenters. The molecule has 0 spiro atoms. The Hall–Kier alpha value is -1.40. The Morgan fingerprint density at radius 3 is 1.27 bits per heavy atom. The van der Waals surface area contributed by atoms with E-state index in [2.05, 4.69) is 9.41 Å². The van der Waals surface area contributed by atoms with E-state index in [9.17, 15) is 111 Å². The number of hydrogen-bond acceptors (Lipinski definition) is 38. The number of phosphoric ester groups is 1. The molecule has 6 aliphatic heterocycles. The van der Waals surface area contributed by atoms with Crippen molar-refractivity contribution in [1.82, 2.24) is 0 Å². The molecule has 17 N–H and O–H groups in total. The predicted molar refractivity (Wildman–Crippen MR) is 236 cm³/mol. The Morgan fingerprint density at radius 2 is 0.815 bits per heavy atom. The summed E-state index contributed by atoms with van der Waals surface area (Å²) in [6, 6.07) is 0. The Balaban J connectivity index is 0.00000392. The van der Waals surface area contributed by atoms with Gasteiger partial charge in [-0.05, 0) is 13.3 Å². The lowest BCUT2D eigenvalue weighted by Gasteiger charge is -2.49. The third kappa shape index (κ3) is 17.9. The maximum atomic E-state index is 11.8. The van der Waals surface area contributed by atoms with E-state index in [0.29, 0.717) is 0 Å². The molecular formula is C41H68O38P2-4. The van der Waals surface area contributed by atoms with Crippen molar-refractivity contribution in [2.75, 3.05) is 46.2 Å². The van der Waals surface area contributed by atoms with Gasteiger partial charge in [-0.1, -0.05) is 0 Å². The molecule has 6 aliphatic rings. The van der Waals surface area contributed by atoms with Crippen LogP contribution in [0, 0.1) is 0 Å². The number of rotatable bonds is 24. The molecule has 38 nitrogen and oxygen atoms in total. The fourth-order valence-corrected chi connectivity index (χ4v) is 9.44. The summed E-state index contributed by atoms with van der Waals surface area (Å²) in [6.45, 7) is -4.84. The van der Waals surface area contributed by atoms with Gasteiger partial charge in [0.15, 0.2) is 37.7 Å². The number of ether oxygens (including phenoxy) is 12. The smallest absolute Gasteiger partial charge is 0.187 e. The molecule has 0 aromatic heterocycles. The first-order chi connectivity index (χ1) is 38.1. The fourth-order valence-electron chi connectivity index (χ4n) is 9.11. The fraction of sp³-hybridized carbons (Fsp3) is 0.976. The zero-order chi connectivity index (χ0) is 60.4. The second-order valence-electron chi connectivity index (χ2n) is 19.2. The molecule has 0 amide bonds. The summed E-state index contributed by atoms with van der Waals surface area (Å²) in [7, 11) is -6.79. The molecule has 30 atom stereocenters. The molecule has 6 heterocycles. The second kappa shape index (κ2) is 32.0. The van der Waals surface area contributed by atoms with Crippen molar-refractivity contribution in [3.05, 3.63) is 0 Å². The van der Waals surface area contributed by atoms with Gasteiger partial charge < -0.3 is 182 Å². The van der Waals surface area contributed by atoms with Gasteiger partial charge in [0.2, 0.25) is 0 Å². The van der Waals surface area contributed by atoms with Crippen LogP contribution in [-0.4, -0.2) is 323 Å². The first kappa shape index (κ1) is 70.4. The number of phosphoric acid groups is 1. The largest absolute Gasteiger partial charge is 0.790 e. The highest BCUT2D eigenvalue weighted by Gasteiger charge is 2.56. The van der Waals surface area contributed by atoms with Gasteiger partial charge in [0.25, 0.3) is 0 Å². The van der Waals surface area contributed by atoms with Crippen molar-refractivity contribution in [2.24, 2.45) is 0 Å². The lowest BCUT2D eigenvalue weighted by Crippen LogP contribution is -2.67. The Kier molecular flexibility index (Phi) is 27.8. The molecule has 0 aromatic rings. The standard InChI is InChI=1S/C41H71O36P.HO2P/c1-11(44)3-2-4-64-37-32(59)33(75-41-35(28(55)19(46)13(6-43)70-41)77-39-31(58)26(53)22(49)17(74-39)10-68-78(61,62)63)23(50)15(72-37)8-65-36-29(56)24(51)20(47)14(71-36)7-66-40-34(27(54)18(45)12(5-42)69-40)76-38-30(57)25(52)21(48)16(73-38)9-67-60;1-3-2/h12-43,45-60H,2-10H2,1H3,(H2,61,62,63);(H,1,2)/p-4/t12?,13?,14?,15?,16?,17?,18-,19-,20-,21-,22-,23-,24+,25+,26+,27+,28+,29?,30?,31?,32?,33+,34?,35?,36+,37-,38-,39-,40+,41-;/m1./s1. The summed E-state index contributed by atoms with van der Waals surface area (Å²) in [6.07, 6.45) is -59.5. The molecule has 0 radical (unpaired) electrons. The number of Topliss-reactive ketones (excluding diaryl/α,β-unsaturated/α-hetero) is 1. The summed E-state index contributed by atoms with van der Waals surface area (Å²) in [5, 5.41) is 194. The monoisotopic (exact) mass is 1230 g/mol. The van der Waals surface area contributed by atoms with Crippen LogP contribution in [0.3, 0.4) is 0 Å². The topological polar surface area (TPSA) is 617 Å². The van der Waals surface area contributed by atoms with E-state index in [4.69, 9.17) is 66.3 Å². The summed E-state index contributed by atoms with van der Waals surface area (Å²) in [4.78, 5) is 46.0. The van der Waals surface area contributed by atoms with Crippen LogP contribution in [0.2, 0.25) is 0 Å². The average Bonchev–Trinajstić information content (AvgIpc) is 3.54. The first-order valence-corrected chi connectivity index (χ1v) is 26.9. The van der Waals surface area contributed by atoms with Gasteiger partial charge in [0.05, 0.1) is 62.8 Å². The van der Waals surface area contributed by atoms with Crippen LogP contribution < -0.4 is 19.9 Å². The van der Waals surface area contributed by atoms with Gasteiger partial charge in [0.1, 0.15) is 152 Å². The van der Waals surface area contributed by atoms with Crippen molar-refractivity contribution < 1.29 is 187 Å². The van der Waals surface area contributed by atoms with Gasteiger partial charge in [-0.3, -0.25) is 4.57 Å². The number of carbonyl (C=O) groups is 1. The quantitative estimate of drug-likeness (QED) is 0.0185. The van der Waals surface area contributed by atoms with Gasteiger partial charge in [0, 0.05) is 6.42 Å². The minimum atomic E-state index is -5.70. The van der Waals surface area contributed by atoms with E-state index in [-0.39, 0.29) is 25.2 Å². The molecule has 6 rings (SSSR count). The molecule has 0 aliphatic carbocycles. The van der Waals surface area contributed by atoms with Crippen LogP contribution in [0.4, 0.5) is 0 Å². The molecule has 6 fully saturated rings. The average molecular weight is 1230 g/mol. The molecule has 0 aromatic carbocycles. The minimum absolute atomic E-state index is 0.00939. The highest BCUT2D eigenvalue weighted by atomic mass is 31.2. The molecular weight excluding hydrogens is 1160 g/mol. The van der Waals surface area contributed by atoms with Crippen LogP contribution in [0.15, 0.2) is 0 Å². The van der Waals surface area contributed by atoms with E-state index in [1.54, 1.807) is 0 Å². The van der Waals surface area contributed by atoms with Crippen molar-refractivity contribution in [3.8, 4) is 0 Å². The number of aliphatic hydroxyl groups excluding tert-OH is 17. The molecule has 0 bridgehead atoms. The van der Waals surface area contributed by atoms with E-state index in [0.717, 1.165) is 0 Å². The van der Waals surface area contributed by atoms with E-state index in [1.807, 2.05) is 0 Å². The molecule has 0 saturated carbocycles. The van der Waals surface area contributed by atoms with Gasteiger partial charge in [-0.2, -0.15) is 0 Å². The van der Waals surface area contributed by atoms with Crippen molar-refractivity contribution >= 4 is 22.3 Å². The predicted octanol–water partition coefficient (Wildman–Crippen LogP) is -15.0. The van der Waals surface area contributed by atoms with Crippen LogP contribution in [-0.2, 0) is 80.2 Å². The van der Waals surface area contributed by atoms with Crippen LogP contribution in [0.5, 0.6) is 0 Å². The summed E-state index contributed by atoms with van der Waals surface area (Å²) < 4.78 is 91.4. The van der Waals surface area contributed by atoms with Crippen LogP contribution in [0.25, 0.3) is 0 Å². The third-order valence-corrected chi connectivity index (χ3v) is 14.1. The van der Waals surface area contributed by atoms with Crippen molar-refractivity contribution in [2.45, 2.75) is 204 Å². The maximum absolute atomic E-state index is 11.8. The zero-order valence-corrected chi connectivity index (χ0v) is 44.0. The highest BCUT2D eigenvalue weighted by Crippen LogP contribution is 2.36. The normalized spacial score (nSPS) is 46.2. The lowest BCUT2D eigenvalue weighted by molar-refractivity contribution is -0.692. The van der Waals surface area contributed by atoms with Crippen molar-refractivity contribution in [1.29, 1.82) is 0 Å². The minimum Gasteiger partial charge on any atom is -0.790 e. The summed E-state index contributed by atoms with van der Waals surface area (Å²) >= 11 is 0. The number of aliphatic hydroxyl groups is 17. The third-order valence-electron chi connectivity index (χ3n) is 13.6. The van der Waals surface area contributed by atoms with E-state index < -0.39 is 240 Å². The molecule has 6 saturated heterocycles. The number of hydrogen-bond donors (Lipinski definition) is 17. The number of carbonyl (C=O) groups excluding carboxylic acids is 1. The van der Waals surface area contributed by atoms with Gasteiger partial charge >= 0.3 is 0 Å². The van der Waals surface area contributed by atoms with Gasteiger partial charge in [-0.15, -0.1) is 0 Å². The number of ketones is 1. The summed E-state index contributed by atoms with van der Waals surface area (Å²) in [5.41, 5.74) is 0. The maximum Gasteiger partial charge on any atom is 0.187 e. The molecule has 474 valence electrons. The lowest BCUT2D eigenvalue weighted by atomic mass is 9.96. The first-order valence-electron chi connectivity index (χ1n) is 24.7. The van der Waals surface area contributed by atoms with E-state index in [1.165, 1.54) is 6.92 Å². The summed E-state index contributed by atoms with van der Waals surface area (Å²) in [5.74, 6) is -0.250. The van der Waals surface area contributed by atoms with Crippen LogP contribution in [0.1, 0.15) is 19.8 Å². The molecule has 40 heteroatoms. The second-order valence-corrected chi connectivity index (χ2v) is 20.5.